The number of hydrogen-bond donors (Lipinski definition) is 3. The van der Waals surface area contributed by atoms with Gasteiger partial charge in [0.2, 0.25) is 5.88 Å². The molecule has 4 N–H and O–H groups in total. The van der Waals surface area contributed by atoms with Crippen molar-refractivity contribution >= 4 is 22.6 Å². The normalized spacial score (nSPS) is 20.6. The Balaban J connectivity index is 1.16. The van der Waals surface area contributed by atoms with Gasteiger partial charge in [0.25, 0.3) is 5.91 Å². The number of aromatic nitrogens is 2. The number of benzene rings is 1. The minimum Gasteiger partial charge on any atom is -0.481 e. The molecule has 1 fully saturated rings. The van der Waals surface area contributed by atoms with E-state index in [1.807, 2.05) is 18.2 Å². The fraction of sp³-hybridized carbons (Fsp3) is 0.400. The van der Waals surface area contributed by atoms with Gasteiger partial charge in [0.05, 0.1) is 31.0 Å². The molecular weight excluding hydrogens is 453 g/mol. The number of methoxy groups -OCH3 is 1. The number of amides is 1. The first-order chi connectivity index (χ1) is 17.0. The highest BCUT2D eigenvalue weighted by atomic mass is 19.1. The summed E-state index contributed by atoms with van der Waals surface area (Å²) in [6.07, 6.45) is 1.76. The number of fused-ring (bicyclic) bond motifs is 2. The van der Waals surface area contributed by atoms with E-state index in [-0.39, 0.29) is 36.5 Å². The van der Waals surface area contributed by atoms with E-state index in [4.69, 9.17) is 19.9 Å². The third-order valence-corrected chi connectivity index (χ3v) is 6.43. The van der Waals surface area contributed by atoms with Crippen LogP contribution in [0.5, 0.6) is 11.6 Å². The quantitative estimate of drug-likeness (QED) is 0.470. The highest BCUT2D eigenvalue weighted by Crippen LogP contribution is 2.27. The minimum absolute atomic E-state index is 0.00678. The summed E-state index contributed by atoms with van der Waals surface area (Å²) in [4.78, 5) is 20.4. The number of carbonyl (C=O) groups excluding carboxylic acids is 1. The molecule has 10 heteroatoms. The van der Waals surface area contributed by atoms with Gasteiger partial charge in [-0.3, -0.25) is 4.79 Å². The van der Waals surface area contributed by atoms with Crippen molar-refractivity contribution in [3.05, 3.63) is 53.5 Å². The second kappa shape index (κ2) is 10.1. The first-order valence-corrected chi connectivity index (χ1v) is 11.7. The first-order valence-electron chi connectivity index (χ1n) is 11.7. The number of nitrogens with zero attached hydrogens (tertiary/aromatic N) is 2. The lowest BCUT2D eigenvalue weighted by atomic mass is 9.94. The van der Waals surface area contributed by atoms with Crippen LogP contribution in [0.3, 0.4) is 0 Å². The molecular formula is C25H28FN5O4. The molecule has 9 nitrogen and oxygen atoms in total. The predicted molar refractivity (Wildman–Crippen MR) is 128 cm³/mol. The summed E-state index contributed by atoms with van der Waals surface area (Å²) in [5.74, 6) is 0.908. The summed E-state index contributed by atoms with van der Waals surface area (Å²) in [5, 5.41) is 7.00. The van der Waals surface area contributed by atoms with Crippen molar-refractivity contribution in [2.45, 2.75) is 44.0 Å². The van der Waals surface area contributed by atoms with E-state index >= 15 is 0 Å². The van der Waals surface area contributed by atoms with Crippen molar-refractivity contribution in [1.29, 1.82) is 0 Å². The van der Waals surface area contributed by atoms with E-state index in [2.05, 4.69) is 20.6 Å². The van der Waals surface area contributed by atoms with Gasteiger partial charge in [0.15, 0.2) is 18.2 Å². The molecule has 1 amide bonds. The summed E-state index contributed by atoms with van der Waals surface area (Å²) in [7, 11) is 1.53. The lowest BCUT2D eigenvalue weighted by molar-refractivity contribution is -0.118. The Morgan fingerprint density at radius 1 is 1.23 bits per heavy atom. The molecule has 0 bridgehead atoms. The molecule has 0 spiro atoms. The molecule has 4 heterocycles. The zero-order chi connectivity index (χ0) is 24.4. The molecule has 3 aromatic rings. The number of anilines is 1. The maximum absolute atomic E-state index is 14.7. The molecule has 1 saturated heterocycles. The first kappa shape index (κ1) is 23.4. The van der Waals surface area contributed by atoms with E-state index in [9.17, 15) is 9.18 Å². The molecule has 3 atom stereocenters. The number of halogens is 1. The minimum atomic E-state index is -0.366. The van der Waals surface area contributed by atoms with Gasteiger partial charge in [-0.1, -0.05) is 0 Å². The summed E-state index contributed by atoms with van der Waals surface area (Å²) in [6.45, 7) is 1.03. The zero-order valence-corrected chi connectivity index (χ0v) is 19.4. The molecule has 0 saturated carbocycles. The largest absolute Gasteiger partial charge is 0.481 e. The molecule has 35 heavy (non-hydrogen) atoms. The van der Waals surface area contributed by atoms with E-state index in [1.54, 1.807) is 12.1 Å². The van der Waals surface area contributed by atoms with Gasteiger partial charge in [0.1, 0.15) is 5.82 Å². The zero-order valence-electron chi connectivity index (χ0n) is 19.4. The van der Waals surface area contributed by atoms with Crippen LogP contribution in [0.2, 0.25) is 0 Å². The summed E-state index contributed by atoms with van der Waals surface area (Å²) < 4.78 is 31.3. The van der Waals surface area contributed by atoms with Crippen LogP contribution in [0, 0.1) is 5.82 Å². The number of carbonyl (C=O) groups is 1. The molecule has 2 aliphatic rings. The van der Waals surface area contributed by atoms with Gasteiger partial charge < -0.3 is 30.6 Å². The molecule has 0 aliphatic carbocycles. The predicted octanol–water partition coefficient (Wildman–Crippen LogP) is 2.32. The van der Waals surface area contributed by atoms with E-state index < -0.39 is 0 Å². The average Bonchev–Trinajstić information content (AvgIpc) is 2.88. The van der Waals surface area contributed by atoms with Crippen LogP contribution in [0.4, 0.5) is 10.2 Å². The Kier molecular flexibility index (Phi) is 6.76. The number of nitrogens with two attached hydrogens (primary N) is 1. The molecule has 5 rings (SSSR count). The molecule has 2 aromatic heterocycles. The van der Waals surface area contributed by atoms with Crippen molar-refractivity contribution in [2.75, 3.05) is 25.6 Å². The van der Waals surface area contributed by atoms with Crippen molar-refractivity contribution in [2.24, 2.45) is 5.73 Å². The van der Waals surface area contributed by atoms with Gasteiger partial charge in [0, 0.05) is 35.6 Å². The van der Waals surface area contributed by atoms with Crippen LogP contribution >= 0.6 is 0 Å². The number of ether oxygens (including phenoxy) is 3. The fourth-order valence-corrected chi connectivity index (χ4v) is 4.50. The van der Waals surface area contributed by atoms with Crippen molar-refractivity contribution in [3.63, 3.8) is 0 Å². The standard InChI is InChI=1S/C25H28FN5O4/c1-33-23-9-3-14-2-6-18(26)17(24(14)31-23)10-19(27)20-7-5-16(12-34-20)28-11-15-4-8-21-25(29-15)30-22(32)13-35-21/h2-4,6,8-9,16,19-20,28H,5,7,10-13,27H2,1H3,(H,29,30,32)/t16-,19?,20+/m1/s1. The monoisotopic (exact) mass is 481 g/mol. The van der Waals surface area contributed by atoms with Crippen LogP contribution < -0.4 is 25.8 Å². The molecule has 1 aromatic carbocycles. The SMILES string of the molecule is COc1ccc2ccc(F)c(CC(N)[C@@H]3CC[C@@H](NCc4ccc5c(n4)NC(=O)CO5)CO3)c2n1. The Bertz CT molecular complexity index is 1230. The maximum atomic E-state index is 14.7. The number of nitrogens with one attached hydrogen (secondary N) is 2. The topological polar surface area (TPSA) is 121 Å². The van der Waals surface area contributed by atoms with Gasteiger partial charge in [-0.25, -0.2) is 14.4 Å². The number of hydrogen-bond acceptors (Lipinski definition) is 8. The molecule has 0 radical (unpaired) electrons. The lowest BCUT2D eigenvalue weighted by Gasteiger charge is -2.33. The van der Waals surface area contributed by atoms with Crippen LogP contribution in [0.15, 0.2) is 36.4 Å². The number of pyridine rings is 2. The van der Waals surface area contributed by atoms with E-state index in [0.717, 1.165) is 23.9 Å². The lowest BCUT2D eigenvalue weighted by Crippen LogP contribution is -2.47. The molecule has 2 aliphatic heterocycles. The van der Waals surface area contributed by atoms with Gasteiger partial charge >= 0.3 is 0 Å². The van der Waals surface area contributed by atoms with Crippen LogP contribution in [0.25, 0.3) is 10.9 Å². The Morgan fingerprint density at radius 2 is 2.09 bits per heavy atom. The van der Waals surface area contributed by atoms with E-state index in [1.165, 1.54) is 13.2 Å². The molecule has 184 valence electrons. The van der Waals surface area contributed by atoms with Crippen molar-refractivity contribution < 1.29 is 23.4 Å². The average molecular weight is 482 g/mol. The Hall–Kier alpha value is -3.34. The van der Waals surface area contributed by atoms with Gasteiger partial charge in [-0.2, -0.15) is 0 Å². The summed E-state index contributed by atoms with van der Waals surface area (Å²) in [5.41, 5.74) is 8.31. The summed E-state index contributed by atoms with van der Waals surface area (Å²) in [6, 6.07) is 10.2. The fourth-order valence-electron chi connectivity index (χ4n) is 4.50. The van der Waals surface area contributed by atoms with Crippen LogP contribution in [0.1, 0.15) is 24.1 Å². The summed E-state index contributed by atoms with van der Waals surface area (Å²) >= 11 is 0. The number of rotatable bonds is 7. The third kappa shape index (κ3) is 5.19. The van der Waals surface area contributed by atoms with Crippen LogP contribution in [-0.2, 0) is 22.5 Å². The van der Waals surface area contributed by atoms with Crippen LogP contribution in [-0.4, -0.2) is 54.4 Å². The Morgan fingerprint density at radius 3 is 2.89 bits per heavy atom. The maximum Gasteiger partial charge on any atom is 0.263 e. The van der Waals surface area contributed by atoms with Crippen molar-refractivity contribution in [1.82, 2.24) is 15.3 Å². The highest BCUT2D eigenvalue weighted by molar-refractivity contribution is 5.94. The second-order valence-electron chi connectivity index (χ2n) is 8.83. The van der Waals surface area contributed by atoms with E-state index in [0.29, 0.717) is 48.1 Å². The van der Waals surface area contributed by atoms with Gasteiger partial charge in [-0.05, 0) is 49.6 Å². The second-order valence-corrected chi connectivity index (χ2v) is 8.83. The smallest absolute Gasteiger partial charge is 0.263 e. The van der Waals surface area contributed by atoms with Crippen molar-refractivity contribution in [3.8, 4) is 11.6 Å². The highest BCUT2D eigenvalue weighted by Gasteiger charge is 2.28. The van der Waals surface area contributed by atoms with Gasteiger partial charge in [-0.15, -0.1) is 0 Å². The third-order valence-electron chi connectivity index (χ3n) is 6.43. The molecule has 1 unspecified atom stereocenters. The Labute approximate surface area is 202 Å².